The Morgan fingerprint density at radius 2 is 1.62 bits per heavy atom. The highest BCUT2D eigenvalue weighted by Crippen LogP contribution is 2.68. The molecule has 0 aromatic carbocycles. The number of hydrogen-bond acceptors (Lipinski definition) is 6. The summed E-state index contributed by atoms with van der Waals surface area (Å²) >= 11 is 0. The third-order valence-electron chi connectivity index (χ3n) is 13.8. The molecule has 0 bridgehead atoms. The van der Waals surface area contributed by atoms with Crippen molar-refractivity contribution in [3.63, 3.8) is 0 Å². The summed E-state index contributed by atoms with van der Waals surface area (Å²) in [5.41, 5.74) is 1.38. The summed E-state index contributed by atoms with van der Waals surface area (Å²) in [6.07, 6.45) is 14.6. The first-order valence-corrected chi connectivity index (χ1v) is 17.8. The maximum Gasteiger partial charge on any atom is 0.154 e. The lowest BCUT2D eigenvalue weighted by molar-refractivity contribution is -0.154. The van der Waals surface area contributed by atoms with E-state index in [-0.39, 0.29) is 5.41 Å². The molecule has 0 radical (unpaired) electrons. The van der Waals surface area contributed by atoms with Gasteiger partial charge < -0.3 is 19.8 Å². The van der Waals surface area contributed by atoms with Crippen molar-refractivity contribution >= 4 is 17.3 Å². The van der Waals surface area contributed by atoms with E-state index in [1.807, 2.05) is 0 Å². The second-order valence-electron chi connectivity index (χ2n) is 15.6. The van der Waals surface area contributed by atoms with Crippen LogP contribution in [0.2, 0.25) is 0 Å². The van der Waals surface area contributed by atoms with Crippen molar-refractivity contribution in [2.75, 3.05) is 74.6 Å². The molecule has 1 N–H and O–H groups in total. The van der Waals surface area contributed by atoms with E-state index in [0.717, 1.165) is 94.0 Å². The first-order chi connectivity index (χ1) is 20.1. The largest absolute Gasteiger partial charge is 0.389 e. The maximum absolute atomic E-state index is 12.4. The summed E-state index contributed by atoms with van der Waals surface area (Å²) in [5, 5.41) is 12.4. The summed E-state index contributed by atoms with van der Waals surface area (Å²) in [7, 11) is 4.25. The molecule has 1 saturated heterocycles. The Bertz CT molecular complexity index is 1080. The number of aliphatic hydroxyl groups is 1. The Morgan fingerprint density at radius 3 is 2.33 bits per heavy atom. The Morgan fingerprint density at radius 1 is 0.881 bits per heavy atom. The van der Waals surface area contributed by atoms with Crippen molar-refractivity contribution in [2.24, 2.45) is 34.5 Å². The van der Waals surface area contributed by atoms with Crippen molar-refractivity contribution in [1.29, 1.82) is 0 Å². The monoisotopic (exact) mass is 579 g/mol. The number of hydrogen-bond donors (Lipinski definition) is 1. The Hall–Kier alpha value is -1.53. The molecule has 1 aliphatic heterocycles. The van der Waals surface area contributed by atoms with E-state index in [1.54, 1.807) is 0 Å². The van der Waals surface area contributed by atoms with Gasteiger partial charge in [0.15, 0.2) is 5.82 Å². The van der Waals surface area contributed by atoms with Crippen LogP contribution in [0.4, 0.5) is 17.3 Å². The first kappa shape index (κ1) is 30.5. The van der Waals surface area contributed by atoms with Gasteiger partial charge in [-0.15, -0.1) is 0 Å². The molecule has 1 unspecified atom stereocenters. The van der Waals surface area contributed by atoms with E-state index in [9.17, 15) is 5.11 Å². The lowest BCUT2D eigenvalue weighted by Crippen LogP contribution is -2.57. The average Bonchev–Trinajstić information content (AvgIpc) is 3.27. The van der Waals surface area contributed by atoms with Crippen molar-refractivity contribution in [3.05, 3.63) is 12.1 Å². The average molecular weight is 580 g/mol. The molecule has 236 valence electrons. The van der Waals surface area contributed by atoms with Crippen LogP contribution in [-0.2, 0) is 0 Å². The molecule has 1 aromatic heterocycles. The van der Waals surface area contributed by atoms with Crippen LogP contribution in [-0.4, -0.2) is 80.5 Å². The summed E-state index contributed by atoms with van der Waals surface area (Å²) in [4.78, 5) is 14.8. The van der Waals surface area contributed by atoms with Gasteiger partial charge in [0.25, 0.3) is 0 Å². The van der Waals surface area contributed by atoms with Crippen LogP contribution in [0, 0.1) is 34.5 Å². The van der Waals surface area contributed by atoms with Crippen LogP contribution in [0.25, 0.3) is 0 Å². The molecule has 4 saturated carbocycles. The molecule has 0 spiro atoms. The van der Waals surface area contributed by atoms with Gasteiger partial charge in [-0.3, -0.25) is 4.90 Å². The third-order valence-corrected chi connectivity index (χ3v) is 13.8. The number of aromatic nitrogens is 1. The van der Waals surface area contributed by atoms with Crippen molar-refractivity contribution in [2.45, 2.75) is 104 Å². The molecule has 5 fully saturated rings. The van der Waals surface area contributed by atoms with E-state index in [0.29, 0.717) is 5.41 Å². The lowest BCUT2D eigenvalue weighted by atomic mass is 9.44. The van der Waals surface area contributed by atoms with Gasteiger partial charge in [-0.05, 0) is 118 Å². The molecule has 42 heavy (non-hydrogen) atoms. The zero-order chi connectivity index (χ0) is 29.7. The lowest BCUT2D eigenvalue weighted by Gasteiger charge is -2.61. The highest BCUT2D eigenvalue weighted by atomic mass is 16.3. The van der Waals surface area contributed by atoms with Gasteiger partial charge in [0.05, 0.1) is 11.3 Å². The molecule has 2 heterocycles. The van der Waals surface area contributed by atoms with Crippen LogP contribution in [0.5, 0.6) is 0 Å². The first-order valence-electron chi connectivity index (χ1n) is 17.8. The van der Waals surface area contributed by atoms with Gasteiger partial charge in [-0.1, -0.05) is 26.7 Å². The normalized spacial score (nSPS) is 38.5. The van der Waals surface area contributed by atoms with Crippen LogP contribution < -0.4 is 14.7 Å². The molecule has 6 nitrogen and oxygen atoms in total. The highest BCUT2D eigenvalue weighted by molar-refractivity contribution is 5.69. The predicted molar refractivity (Wildman–Crippen MR) is 177 cm³/mol. The quantitative estimate of drug-likeness (QED) is 0.371. The van der Waals surface area contributed by atoms with Gasteiger partial charge in [0.2, 0.25) is 0 Å². The summed E-state index contributed by atoms with van der Waals surface area (Å²) < 4.78 is 0. The summed E-state index contributed by atoms with van der Waals surface area (Å²) in [6.45, 7) is 16.6. The molecule has 5 aliphatic rings. The van der Waals surface area contributed by atoms with E-state index >= 15 is 0 Å². The zero-order valence-corrected chi connectivity index (χ0v) is 27.9. The molecule has 0 amide bonds. The highest BCUT2D eigenvalue weighted by Gasteiger charge is 2.64. The smallest absolute Gasteiger partial charge is 0.154 e. The van der Waals surface area contributed by atoms with Gasteiger partial charge >= 0.3 is 0 Å². The van der Waals surface area contributed by atoms with Crippen LogP contribution in [0.15, 0.2) is 12.1 Å². The molecule has 6 heteroatoms. The fourth-order valence-electron chi connectivity index (χ4n) is 11.1. The molecule has 1 aromatic rings. The fourth-order valence-corrected chi connectivity index (χ4v) is 11.1. The van der Waals surface area contributed by atoms with Crippen molar-refractivity contribution in [3.8, 4) is 0 Å². The fraction of sp³-hybridized carbons (Fsp3) is 0.861. The van der Waals surface area contributed by atoms with E-state index in [4.69, 9.17) is 4.98 Å². The van der Waals surface area contributed by atoms with Gasteiger partial charge in [-0.25, -0.2) is 4.98 Å². The summed E-state index contributed by atoms with van der Waals surface area (Å²) in [5.74, 6) is 5.66. The Kier molecular flexibility index (Phi) is 8.54. The third kappa shape index (κ3) is 5.04. The van der Waals surface area contributed by atoms with Gasteiger partial charge in [0, 0.05) is 59.9 Å². The Balaban J connectivity index is 1.08. The number of anilines is 3. The topological polar surface area (TPSA) is 46.1 Å². The number of piperazine rings is 1. The standard InChI is InChI=1S/C36H61N5O/c1-7-40(8-2)32-15-14-31(38(5)6)33(37-32)41-25-23-39(24-26-41)22-21-36(42)20-17-30-28-13-12-27-11-9-10-18-34(27,3)29(28)16-19-35(30,36)4/h14-15,27-30,42H,7-13,16-26H2,1-6H3/t27?,28-,29+,30+,34+,35+,36+/m1/s1. The number of fused-ring (bicyclic) bond motifs is 5. The number of nitrogens with zero attached hydrogens (tertiary/aromatic N) is 5. The van der Waals surface area contributed by atoms with Crippen molar-refractivity contribution in [1.82, 2.24) is 9.88 Å². The second kappa shape index (κ2) is 11.8. The number of rotatable bonds is 8. The van der Waals surface area contributed by atoms with Crippen molar-refractivity contribution < 1.29 is 5.11 Å². The maximum atomic E-state index is 12.4. The molecule has 4 aliphatic carbocycles. The van der Waals surface area contributed by atoms with Crippen LogP contribution >= 0.6 is 0 Å². The van der Waals surface area contributed by atoms with E-state index in [1.165, 1.54) is 63.5 Å². The van der Waals surface area contributed by atoms with Gasteiger partial charge in [0.1, 0.15) is 5.82 Å². The minimum Gasteiger partial charge on any atom is -0.389 e. The SMILES string of the molecule is CCN(CC)c1ccc(N(C)C)c(N2CCN(CC[C@@]3(O)CC[C@H]4[C@@H]5CCC6CCCC[C@]6(C)[C@H]5CC[C@@]43C)CC2)n1. The van der Waals surface area contributed by atoms with E-state index < -0.39 is 5.60 Å². The minimum absolute atomic E-state index is 0.100. The van der Waals surface area contributed by atoms with E-state index in [2.05, 4.69) is 73.5 Å². The second-order valence-corrected chi connectivity index (χ2v) is 15.6. The minimum atomic E-state index is -0.498. The summed E-state index contributed by atoms with van der Waals surface area (Å²) in [6, 6.07) is 4.41. The van der Waals surface area contributed by atoms with Crippen LogP contribution in [0.3, 0.4) is 0 Å². The van der Waals surface area contributed by atoms with Crippen LogP contribution in [0.1, 0.15) is 98.3 Å². The Labute approximate surface area is 257 Å². The zero-order valence-electron chi connectivity index (χ0n) is 27.9. The van der Waals surface area contributed by atoms with Gasteiger partial charge in [-0.2, -0.15) is 0 Å². The molecule has 6 rings (SSSR count). The molecular formula is C36H61N5O. The molecule has 7 atom stereocenters. The number of pyridine rings is 1. The molecular weight excluding hydrogens is 518 g/mol. The predicted octanol–water partition coefficient (Wildman–Crippen LogP) is 6.67.